The summed E-state index contributed by atoms with van der Waals surface area (Å²) in [5.74, 6) is -4.93. The van der Waals surface area contributed by atoms with Crippen molar-refractivity contribution in [3.05, 3.63) is 53.9 Å². The SMILES string of the molecule is CCC1OC(=O)[C@H](C)C(=O)[C@H](C)[C@@H](O[C@@H]2O[C@H](C)C[C@H](N(C)C)[C@H]2OC(C)=O)[C@](C)(OC)C[C@@H](C)C(=O)[C@H](C)[C@H]2Nc3cc(CNC(=O)OCCCc4cccnc4)ccc3O[C@]12C. The summed E-state index contributed by atoms with van der Waals surface area (Å²) in [6.07, 6.45) is 1.11. The molecule has 5 rings (SSSR count). The van der Waals surface area contributed by atoms with E-state index in [-0.39, 0.29) is 37.5 Å². The number of Topliss-reactive ketones (excluding diaryl/α,β-unsaturated/α-hetero) is 2. The number of hydrogen-bond acceptors (Lipinski definition) is 15. The lowest BCUT2D eigenvalue weighted by molar-refractivity contribution is -0.298. The summed E-state index contributed by atoms with van der Waals surface area (Å²) in [5, 5.41) is 6.38. The molecule has 0 saturated carbocycles. The van der Waals surface area contributed by atoms with Crippen molar-refractivity contribution in [2.75, 3.05) is 33.1 Å². The van der Waals surface area contributed by atoms with Gasteiger partial charge < -0.3 is 48.7 Å². The number of anilines is 1. The van der Waals surface area contributed by atoms with Crippen LogP contribution in [0, 0.1) is 23.7 Å². The van der Waals surface area contributed by atoms with E-state index in [9.17, 15) is 24.0 Å². The maximum absolute atomic E-state index is 14.8. The lowest BCUT2D eigenvalue weighted by atomic mass is 9.72. The summed E-state index contributed by atoms with van der Waals surface area (Å²) < 4.78 is 43.7. The molecule has 2 N–H and O–H groups in total. The first-order valence-corrected chi connectivity index (χ1v) is 22.6. The number of methoxy groups -OCH3 is 1. The molecule has 0 bridgehead atoms. The Balaban J connectivity index is 1.43. The second-order valence-corrected chi connectivity index (χ2v) is 18.5. The number of carbonyl (C=O) groups excluding carboxylic acids is 5. The second kappa shape index (κ2) is 21.6. The van der Waals surface area contributed by atoms with Crippen molar-refractivity contribution in [1.29, 1.82) is 0 Å². The number of ketones is 2. The van der Waals surface area contributed by atoms with Crippen molar-refractivity contribution in [3.8, 4) is 5.75 Å². The first-order chi connectivity index (χ1) is 30.2. The molecule has 1 unspecified atom stereocenters. The number of esters is 2. The largest absolute Gasteiger partial charge is 0.479 e. The summed E-state index contributed by atoms with van der Waals surface area (Å²) in [4.78, 5) is 74.6. The second-order valence-electron chi connectivity index (χ2n) is 18.5. The molecule has 4 heterocycles. The Bertz CT molecular complexity index is 1950. The molecular weight excluding hydrogens is 825 g/mol. The molecule has 16 nitrogen and oxygen atoms in total. The van der Waals surface area contributed by atoms with E-state index in [1.165, 1.54) is 21.0 Å². The van der Waals surface area contributed by atoms with Crippen LogP contribution in [-0.2, 0) is 60.6 Å². The smallest absolute Gasteiger partial charge is 0.407 e. The van der Waals surface area contributed by atoms with Gasteiger partial charge in [0.05, 0.1) is 42.2 Å². The van der Waals surface area contributed by atoms with Crippen LogP contribution >= 0.6 is 0 Å². The van der Waals surface area contributed by atoms with Gasteiger partial charge in [0.15, 0.2) is 23.8 Å². The Morgan fingerprint density at radius 1 is 1.02 bits per heavy atom. The van der Waals surface area contributed by atoms with Crippen LogP contribution in [0.4, 0.5) is 10.5 Å². The van der Waals surface area contributed by atoms with Gasteiger partial charge >= 0.3 is 18.0 Å². The zero-order valence-corrected chi connectivity index (χ0v) is 39.6. The van der Waals surface area contributed by atoms with Crippen molar-refractivity contribution in [2.45, 2.75) is 155 Å². The minimum Gasteiger partial charge on any atom is -0.479 e. The van der Waals surface area contributed by atoms with Gasteiger partial charge in [0.1, 0.15) is 23.6 Å². The van der Waals surface area contributed by atoms with E-state index >= 15 is 0 Å². The van der Waals surface area contributed by atoms with E-state index in [4.69, 9.17) is 33.2 Å². The maximum atomic E-state index is 14.8. The van der Waals surface area contributed by atoms with Crippen LogP contribution in [0.2, 0.25) is 0 Å². The van der Waals surface area contributed by atoms with E-state index in [0.717, 1.165) is 17.5 Å². The van der Waals surface area contributed by atoms with Gasteiger partial charge in [-0.25, -0.2) is 4.79 Å². The summed E-state index contributed by atoms with van der Waals surface area (Å²) in [6, 6.07) is 8.29. The maximum Gasteiger partial charge on any atom is 0.407 e. The van der Waals surface area contributed by atoms with Gasteiger partial charge in [-0.2, -0.15) is 0 Å². The number of hydrogen-bond donors (Lipinski definition) is 2. The highest BCUT2D eigenvalue weighted by atomic mass is 16.7. The lowest BCUT2D eigenvalue weighted by Gasteiger charge is -2.50. The number of nitrogens with zero attached hydrogens (tertiary/aromatic N) is 2. The molecular formula is C48H70N4O12. The van der Waals surface area contributed by atoms with Crippen molar-refractivity contribution in [2.24, 2.45) is 23.7 Å². The Kier molecular flexibility index (Phi) is 17.0. The van der Waals surface area contributed by atoms with Crippen LogP contribution < -0.4 is 15.4 Å². The summed E-state index contributed by atoms with van der Waals surface area (Å²) in [5.41, 5.74) is -0.158. The average Bonchev–Trinajstić information content (AvgIpc) is 3.26. The number of nitrogens with one attached hydrogen (secondary N) is 2. The molecule has 354 valence electrons. The highest BCUT2D eigenvalue weighted by Crippen LogP contribution is 2.44. The van der Waals surface area contributed by atoms with Gasteiger partial charge in [0.25, 0.3) is 0 Å². The van der Waals surface area contributed by atoms with Gasteiger partial charge in [0, 0.05) is 50.7 Å². The fourth-order valence-electron chi connectivity index (χ4n) is 9.64. The third kappa shape index (κ3) is 11.6. The molecule has 1 amide bonds. The number of likely N-dealkylation sites (N-methyl/N-ethyl adjacent to an activating group) is 1. The van der Waals surface area contributed by atoms with Gasteiger partial charge in [-0.05, 0) is 103 Å². The zero-order valence-electron chi connectivity index (χ0n) is 39.6. The monoisotopic (exact) mass is 894 g/mol. The number of carbonyl (C=O) groups is 5. The topological polar surface area (TPSA) is 190 Å². The van der Waals surface area contributed by atoms with Gasteiger partial charge in [0.2, 0.25) is 0 Å². The zero-order chi connectivity index (χ0) is 47.1. The van der Waals surface area contributed by atoms with E-state index in [1.807, 2.05) is 77.9 Å². The van der Waals surface area contributed by atoms with E-state index in [0.29, 0.717) is 30.7 Å². The molecule has 1 aromatic heterocycles. The first kappa shape index (κ1) is 50.4. The fraction of sp³-hybridized carbons (Fsp3) is 0.667. The number of aromatic nitrogens is 1. The van der Waals surface area contributed by atoms with Crippen molar-refractivity contribution in [1.82, 2.24) is 15.2 Å². The number of benzene rings is 1. The number of alkyl carbamates (subject to hydrolysis) is 1. The molecule has 3 aliphatic heterocycles. The molecule has 13 atom stereocenters. The Morgan fingerprint density at radius 3 is 2.39 bits per heavy atom. The van der Waals surface area contributed by atoms with Crippen LogP contribution in [-0.4, -0.2) is 121 Å². The minimum atomic E-state index is -1.29. The predicted molar refractivity (Wildman–Crippen MR) is 237 cm³/mol. The van der Waals surface area contributed by atoms with Gasteiger partial charge in [-0.1, -0.05) is 39.8 Å². The molecule has 1 aromatic carbocycles. The van der Waals surface area contributed by atoms with Crippen molar-refractivity contribution in [3.63, 3.8) is 0 Å². The van der Waals surface area contributed by atoms with Crippen LogP contribution in [0.5, 0.6) is 5.75 Å². The standard InChI is InChI=1S/C48H70N4O12/c1-13-38-48(9)42(51-35-23-34(18-19-37(35)64-48)26-50-46(57)59-21-15-17-33-16-14-20-49-25-33)29(4)39(54)27(2)24-47(8,58-12)43(30(5)40(55)31(6)44(56)62-38)63-45-41(61-32(7)53)36(52(10)11)22-28(3)60-45/h14,16,18-20,23,25,27-31,36,38,41-43,45,51H,13,15,17,21-22,24,26H2,1-12H3,(H,50,57)/t27-,28-,29+,30+,31-,36+,38?,41-,42-,43-,45+,47-,48-/m1/s1. The third-order valence-corrected chi connectivity index (χ3v) is 13.3. The number of pyridine rings is 1. The fourth-order valence-corrected chi connectivity index (χ4v) is 9.64. The molecule has 2 saturated heterocycles. The van der Waals surface area contributed by atoms with E-state index in [1.54, 1.807) is 32.3 Å². The van der Waals surface area contributed by atoms with E-state index < -0.39 is 89.3 Å². The Morgan fingerprint density at radius 2 is 1.75 bits per heavy atom. The number of fused-ring (bicyclic) bond motifs is 2. The van der Waals surface area contributed by atoms with Crippen LogP contribution in [0.25, 0.3) is 0 Å². The summed E-state index contributed by atoms with van der Waals surface area (Å²) in [6.45, 7) is 15.9. The summed E-state index contributed by atoms with van der Waals surface area (Å²) in [7, 11) is 5.26. The molecule has 0 radical (unpaired) electrons. The normalized spacial score (nSPS) is 33.6. The van der Waals surface area contributed by atoms with E-state index in [2.05, 4.69) is 15.6 Å². The van der Waals surface area contributed by atoms with Crippen LogP contribution in [0.3, 0.4) is 0 Å². The Labute approximate surface area is 378 Å². The number of ether oxygens (including phenoxy) is 7. The van der Waals surface area contributed by atoms with Crippen molar-refractivity contribution >= 4 is 35.3 Å². The van der Waals surface area contributed by atoms with Gasteiger partial charge in [-0.15, -0.1) is 0 Å². The van der Waals surface area contributed by atoms with Crippen LogP contribution in [0.1, 0.15) is 99.1 Å². The molecule has 16 heteroatoms. The number of aryl methyl sites for hydroxylation is 1. The molecule has 64 heavy (non-hydrogen) atoms. The molecule has 0 aliphatic carbocycles. The predicted octanol–water partition coefficient (Wildman–Crippen LogP) is 6.07. The molecule has 0 spiro atoms. The number of amides is 1. The molecule has 3 aliphatic rings. The quantitative estimate of drug-likeness (QED) is 0.108. The van der Waals surface area contributed by atoms with Crippen molar-refractivity contribution < 1.29 is 57.1 Å². The van der Waals surface area contributed by atoms with Gasteiger partial charge in [-0.3, -0.25) is 24.2 Å². The minimum absolute atomic E-state index is 0.124. The Hall–Kier alpha value is -4.64. The number of rotatable bonds is 12. The molecule has 2 fully saturated rings. The lowest BCUT2D eigenvalue weighted by Crippen LogP contribution is -2.64. The van der Waals surface area contributed by atoms with Crippen LogP contribution in [0.15, 0.2) is 42.7 Å². The first-order valence-electron chi connectivity index (χ1n) is 22.6. The molecule has 2 aromatic rings. The number of cyclic esters (lactones) is 1. The average molecular weight is 895 g/mol. The summed E-state index contributed by atoms with van der Waals surface area (Å²) >= 11 is 0. The third-order valence-electron chi connectivity index (χ3n) is 13.3. The highest BCUT2D eigenvalue weighted by Gasteiger charge is 2.55. The highest BCUT2D eigenvalue weighted by molar-refractivity contribution is 6.00.